The van der Waals surface area contributed by atoms with E-state index in [2.05, 4.69) is 24.1 Å². The first-order valence-electron chi connectivity index (χ1n) is 8.67. The van der Waals surface area contributed by atoms with Gasteiger partial charge in [-0.3, -0.25) is 4.79 Å². The molecule has 0 aromatic heterocycles. The van der Waals surface area contributed by atoms with Crippen LogP contribution in [0, 0.1) is 11.8 Å². The molecule has 2 fully saturated rings. The summed E-state index contributed by atoms with van der Waals surface area (Å²) in [6, 6.07) is 0.341. The average molecular weight is 280 g/mol. The van der Waals surface area contributed by atoms with Gasteiger partial charge >= 0.3 is 0 Å². The third-order valence-electron chi connectivity index (χ3n) is 4.99. The number of rotatable bonds is 5. The number of hydrogen-bond acceptors (Lipinski definition) is 2. The molecule has 20 heavy (non-hydrogen) atoms. The molecule has 1 unspecified atom stereocenters. The fraction of sp³-hybridized carbons (Fsp3) is 0.941. The van der Waals surface area contributed by atoms with Crippen LogP contribution in [0.3, 0.4) is 0 Å². The van der Waals surface area contributed by atoms with Crippen LogP contribution in [0.4, 0.5) is 0 Å². The normalized spacial score (nSPS) is 24.9. The number of piperidine rings is 1. The van der Waals surface area contributed by atoms with Crippen molar-refractivity contribution in [1.29, 1.82) is 0 Å². The highest BCUT2D eigenvalue weighted by Crippen LogP contribution is 2.27. The zero-order valence-electron chi connectivity index (χ0n) is 13.4. The fourth-order valence-electron chi connectivity index (χ4n) is 3.71. The van der Waals surface area contributed by atoms with Gasteiger partial charge in [0.15, 0.2) is 0 Å². The fourth-order valence-corrected chi connectivity index (χ4v) is 3.71. The molecule has 1 saturated heterocycles. The molecule has 3 heteroatoms. The summed E-state index contributed by atoms with van der Waals surface area (Å²) in [6.45, 7) is 7.51. The molecule has 1 amide bonds. The molecule has 0 aromatic rings. The minimum Gasteiger partial charge on any atom is -0.340 e. The van der Waals surface area contributed by atoms with E-state index in [9.17, 15) is 4.79 Å². The van der Waals surface area contributed by atoms with E-state index in [1.54, 1.807) is 0 Å². The highest BCUT2D eigenvalue weighted by molar-refractivity contribution is 5.76. The number of carbonyl (C=O) groups is 1. The first-order valence-corrected chi connectivity index (χ1v) is 8.67. The smallest absolute Gasteiger partial charge is 0.223 e. The van der Waals surface area contributed by atoms with Gasteiger partial charge in [0.25, 0.3) is 0 Å². The highest BCUT2D eigenvalue weighted by atomic mass is 16.2. The van der Waals surface area contributed by atoms with E-state index in [0.717, 1.165) is 26.1 Å². The number of carbonyl (C=O) groups excluding carboxylic acids is 1. The van der Waals surface area contributed by atoms with Crippen LogP contribution in [0.15, 0.2) is 0 Å². The molecule has 0 aromatic carbocycles. The maximum atomic E-state index is 12.6. The van der Waals surface area contributed by atoms with Crippen LogP contribution < -0.4 is 5.32 Å². The summed E-state index contributed by atoms with van der Waals surface area (Å²) < 4.78 is 0. The summed E-state index contributed by atoms with van der Waals surface area (Å²) >= 11 is 0. The maximum absolute atomic E-state index is 12.6. The lowest BCUT2D eigenvalue weighted by atomic mass is 9.86. The SMILES string of the molecule is CC(C)N(CC1CCCNC1)C(=O)CC1CCCCC1. The predicted molar refractivity (Wildman–Crippen MR) is 83.6 cm³/mol. The van der Waals surface area contributed by atoms with Crippen molar-refractivity contribution in [2.45, 2.75) is 71.3 Å². The van der Waals surface area contributed by atoms with Crippen LogP contribution in [0.25, 0.3) is 0 Å². The third kappa shape index (κ3) is 4.76. The number of nitrogens with one attached hydrogen (secondary N) is 1. The Morgan fingerprint density at radius 1 is 1.10 bits per heavy atom. The first kappa shape index (κ1) is 15.8. The molecule has 0 spiro atoms. The van der Waals surface area contributed by atoms with E-state index >= 15 is 0 Å². The lowest BCUT2D eigenvalue weighted by Crippen LogP contribution is -2.44. The summed E-state index contributed by atoms with van der Waals surface area (Å²) in [7, 11) is 0. The minimum absolute atomic E-state index is 0.341. The van der Waals surface area contributed by atoms with Crippen molar-refractivity contribution in [3.05, 3.63) is 0 Å². The Bertz CT molecular complexity index is 291. The second-order valence-corrected chi connectivity index (χ2v) is 7.06. The van der Waals surface area contributed by atoms with Gasteiger partial charge in [0.2, 0.25) is 5.91 Å². The maximum Gasteiger partial charge on any atom is 0.223 e. The highest BCUT2D eigenvalue weighted by Gasteiger charge is 2.25. The molecule has 1 atom stereocenters. The standard InChI is InChI=1S/C17H32N2O/c1-14(2)19(13-16-9-6-10-18-12-16)17(20)11-15-7-4-3-5-8-15/h14-16,18H,3-13H2,1-2H3. The van der Waals surface area contributed by atoms with Gasteiger partial charge < -0.3 is 10.2 Å². The van der Waals surface area contributed by atoms with Crippen molar-refractivity contribution in [3.63, 3.8) is 0 Å². The number of nitrogens with zero attached hydrogens (tertiary/aromatic N) is 1. The molecule has 116 valence electrons. The van der Waals surface area contributed by atoms with E-state index in [4.69, 9.17) is 0 Å². The van der Waals surface area contributed by atoms with Gasteiger partial charge in [0, 0.05) is 19.0 Å². The first-order chi connectivity index (χ1) is 9.66. The van der Waals surface area contributed by atoms with Crippen molar-refractivity contribution in [1.82, 2.24) is 10.2 Å². The molecule has 0 radical (unpaired) electrons. The van der Waals surface area contributed by atoms with Crippen molar-refractivity contribution in [2.24, 2.45) is 11.8 Å². The van der Waals surface area contributed by atoms with Gasteiger partial charge in [-0.15, -0.1) is 0 Å². The Hall–Kier alpha value is -0.570. The molecule has 1 aliphatic heterocycles. The van der Waals surface area contributed by atoms with Gasteiger partial charge in [-0.2, -0.15) is 0 Å². The molecule has 1 heterocycles. The molecule has 1 aliphatic carbocycles. The van der Waals surface area contributed by atoms with Gasteiger partial charge in [0.05, 0.1) is 0 Å². The topological polar surface area (TPSA) is 32.3 Å². The van der Waals surface area contributed by atoms with Crippen LogP contribution in [-0.2, 0) is 4.79 Å². The Balaban J connectivity index is 1.84. The zero-order chi connectivity index (χ0) is 14.4. The van der Waals surface area contributed by atoms with Gasteiger partial charge in [0.1, 0.15) is 0 Å². The van der Waals surface area contributed by atoms with E-state index < -0.39 is 0 Å². The molecular formula is C17H32N2O. The summed E-state index contributed by atoms with van der Waals surface area (Å²) in [6.07, 6.45) is 9.87. The number of hydrogen-bond donors (Lipinski definition) is 1. The minimum atomic E-state index is 0.341. The van der Waals surface area contributed by atoms with Crippen LogP contribution in [0.1, 0.15) is 65.2 Å². The second kappa shape index (κ2) is 8.02. The number of amides is 1. The Morgan fingerprint density at radius 3 is 2.40 bits per heavy atom. The van der Waals surface area contributed by atoms with Gasteiger partial charge in [-0.05, 0) is 64.5 Å². The molecule has 2 rings (SSSR count). The van der Waals surface area contributed by atoms with Crippen molar-refractivity contribution < 1.29 is 4.79 Å². The van der Waals surface area contributed by atoms with Crippen molar-refractivity contribution in [2.75, 3.05) is 19.6 Å². The summed E-state index contributed by atoms with van der Waals surface area (Å²) in [5, 5.41) is 3.46. The van der Waals surface area contributed by atoms with Gasteiger partial charge in [-0.25, -0.2) is 0 Å². The summed E-state index contributed by atoms with van der Waals surface area (Å²) in [5.74, 6) is 1.71. The Labute approximate surface area is 124 Å². The summed E-state index contributed by atoms with van der Waals surface area (Å²) in [4.78, 5) is 14.8. The molecule has 2 aliphatic rings. The Kier molecular flexibility index (Phi) is 6.34. The Morgan fingerprint density at radius 2 is 1.80 bits per heavy atom. The third-order valence-corrected chi connectivity index (χ3v) is 4.99. The van der Waals surface area contributed by atoms with Crippen molar-refractivity contribution >= 4 is 5.91 Å². The lowest BCUT2D eigenvalue weighted by molar-refractivity contribution is -0.135. The lowest BCUT2D eigenvalue weighted by Gasteiger charge is -2.34. The monoisotopic (exact) mass is 280 g/mol. The van der Waals surface area contributed by atoms with Crippen LogP contribution in [0.2, 0.25) is 0 Å². The van der Waals surface area contributed by atoms with Crippen LogP contribution in [-0.4, -0.2) is 36.5 Å². The van der Waals surface area contributed by atoms with Gasteiger partial charge in [-0.1, -0.05) is 19.3 Å². The van der Waals surface area contributed by atoms with Crippen LogP contribution in [0.5, 0.6) is 0 Å². The van der Waals surface area contributed by atoms with E-state index in [1.165, 1.54) is 44.9 Å². The molecular weight excluding hydrogens is 248 g/mol. The van der Waals surface area contributed by atoms with E-state index in [-0.39, 0.29) is 0 Å². The van der Waals surface area contributed by atoms with E-state index in [1.807, 2.05) is 0 Å². The molecule has 3 nitrogen and oxygen atoms in total. The van der Waals surface area contributed by atoms with Crippen LogP contribution >= 0.6 is 0 Å². The largest absolute Gasteiger partial charge is 0.340 e. The molecule has 1 N–H and O–H groups in total. The van der Waals surface area contributed by atoms with Crippen molar-refractivity contribution in [3.8, 4) is 0 Å². The second-order valence-electron chi connectivity index (χ2n) is 7.06. The predicted octanol–water partition coefficient (Wildman–Crippen LogP) is 3.19. The zero-order valence-corrected chi connectivity index (χ0v) is 13.4. The van der Waals surface area contributed by atoms with E-state index in [0.29, 0.717) is 23.8 Å². The molecule has 1 saturated carbocycles. The average Bonchev–Trinajstić information content (AvgIpc) is 2.46. The summed E-state index contributed by atoms with van der Waals surface area (Å²) in [5.41, 5.74) is 0. The quantitative estimate of drug-likeness (QED) is 0.839. The molecule has 0 bridgehead atoms.